The molecule has 192 valence electrons. The molecule has 0 aliphatic rings. The van der Waals surface area contributed by atoms with Gasteiger partial charge in [0.15, 0.2) is 0 Å². The van der Waals surface area contributed by atoms with Crippen molar-refractivity contribution in [3.63, 3.8) is 0 Å². The van der Waals surface area contributed by atoms with Gasteiger partial charge in [0.25, 0.3) is 0 Å². The summed E-state index contributed by atoms with van der Waals surface area (Å²) in [6.07, 6.45) is 2.90. The number of aryl methyl sites for hydroxylation is 2. The van der Waals surface area contributed by atoms with Crippen LogP contribution in [0.1, 0.15) is 57.2 Å². The van der Waals surface area contributed by atoms with Gasteiger partial charge in [0.1, 0.15) is 12.6 Å². The van der Waals surface area contributed by atoms with E-state index in [4.69, 9.17) is 0 Å². The number of carbonyl (C=O) groups is 2. The first-order chi connectivity index (χ1) is 16.5. The number of nitrogens with zero attached hydrogens (tertiary/aromatic N) is 2. The van der Waals surface area contributed by atoms with Gasteiger partial charge >= 0.3 is 0 Å². The monoisotopic (exact) mass is 501 g/mol. The molecule has 0 unspecified atom stereocenters. The molecule has 0 aliphatic heterocycles. The van der Waals surface area contributed by atoms with Gasteiger partial charge in [0.2, 0.25) is 21.8 Å². The van der Waals surface area contributed by atoms with Crippen molar-refractivity contribution in [1.82, 2.24) is 10.2 Å². The number of carbonyl (C=O) groups excluding carboxylic acids is 2. The minimum absolute atomic E-state index is 0.0307. The molecule has 7 nitrogen and oxygen atoms in total. The lowest BCUT2D eigenvalue weighted by atomic mass is 10.1. The van der Waals surface area contributed by atoms with E-state index in [0.717, 1.165) is 33.7 Å². The number of hydrogen-bond donors (Lipinski definition) is 1. The van der Waals surface area contributed by atoms with Crippen LogP contribution in [0.3, 0.4) is 0 Å². The Morgan fingerprint density at radius 3 is 2.14 bits per heavy atom. The summed E-state index contributed by atoms with van der Waals surface area (Å²) in [6.45, 7) is 9.51. The third kappa shape index (κ3) is 7.82. The Bertz CT molecular complexity index is 1100. The van der Waals surface area contributed by atoms with Crippen LogP contribution in [0.2, 0.25) is 0 Å². The van der Waals surface area contributed by atoms with Crippen molar-refractivity contribution in [2.24, 2.45) is 0 Å². The Morgan fingerprint density at radius 1 is 0.971 bits per heavy atom. The van der Waals surface area contributed by atoms with E-state index in [9.17, 15) is 18.0 Å². The van der Waals surface area contributed by atoms with Crippen LogP contribution >= 0.6 is 0 Å². The van der Waals surface area contributed by atoms with Gasteiger partial charge in [-0.1, -0.05) is 68.8 Å². The number of rotatable bonds is 12. The van der Waals surface area contributed by atoms with Gasteiger partial charge in [-0.3, -0.25) is 13.9 Å². The van der Waals surface area contributed by atoms with Gasteiger partial charge in [-0.2, -0.15) is 0 Å². The highest BCUT2D eigenvalue weighted by Crippen LogP contribution is 2.24. The molecule has 0 heterocycles. The van der Waals surface area contributed by atoms with Gasteiger partial charge in [-0.05, 0) is 50.3 Å². The molecular formula is C27H39N3O4S. The quantitative estimate of drug-likeness (QED) is 0.475. The molecule has 0 saturated carbocycles. The van der Waals surface area contributed by atoms with Crippen molar-refractivity contribution in [3.8, 4) is 0 Å². The van der Waals surface area contributed by atoms with Crippen LogP contribution in [0, 0.1) is 6.92 Å². The van der Waals surface area contributed by atoms with Crippen LogP contribution in [-0.4, -0.2) is 50.0 Å². The second-order valence-corrected chi connectivity index (χ2v) is 10.9. The van der Waals surface area contributed by atoms with Crippen molar-refractivity contribution in [2.75, 3.05) is 17.1 Å². The number of hydrogen-bond acceptors (Lipinski definition) is 4. The SMILES string of the molecule is CCc1ccccc1N(CC(=O)N(Cc1ccc(C)cc1)[C@H](CC)C(=O)N[C@H](C)CC)S(C)(=O)=O. The van der Waals surface area contributed by atoms with Crippen molar-refractivity contribution >= 4 is 27.5 Å². The van der Waals surface area contributed by atoms with Crippen LogP contribution in [0.25, 0.3) is 0 Å². The zero-order chi connectivity index (χ0) is 26.2. The zero-order valence-corrected chi connectivity index (χ0v) is 22.6. The fraction of sp³-hybridized carbons (Fsp3) is 0.481. The maximum absolute atomic E-state index is 13.7. The number of para-hydroxylation sites is 1. The molecular weight excluding hydrogens is 462 g/mol. The Balaban J connectivity index is 2.46. The highest BCUT2D eigenvalue weighted by molar-refractivity contribution is 7.92. The van der Waals surface area contributed by atoms with Gasteiger partial charge in [0.05, 0.1) is 11.9 Å². The van der Waals surface area contributed by atoms with Crippen molar-refractivity contribution in [3.05, 3.63) is 65.2 Å². The molecule has 0 bridgehead atoms. The predicted molar refractivity (Wildman–Crippen MR) is 142 cm³/mol. The van der Waals surface area contributed by atoms with E-state index in [2.05, 4.69) is 5.32 Å². The number of sulfonamides is 1. The molecule has 0 aliphatic carbocycles. The summed E-state index contributed by atoms with van der Waals surface area (Å²) in [5.74, 6) is -0.657. The molecule has 2 aromatic carbocycles. The molecule has 0 radical (unpaired) electrons. The van der Waals surface area contributed by atoms with E-state index in [-0.39, 0.29) is 25.0 Å². The molecule has 2 amide bonds. The number of amides is 2. The molecule has 0 spiro atoms. The second kappa shape index (κ2) is 12.7. The number of anilines is 1. The zero-order valence-electron chi connectivity index (χ0n) is 21.7. The smallest absolute Gasteiger partial charge is 0.244 e. The Hall–Kier alpha value is -2.87. The average molecular weight is 502 g/mol. The van der Waals surface area contributed by atoms with Crippen LogP contribution in [0.4, 0.5) is 5.69 Å². The van der Waals surface area contributed by atoms with E-state index < -0.39 is 22.0 Å². The predicted octanol–water partition coefficient (Wildman–Crippen LogP) is 4.05. The lowest BCUT2D eigenvalue weighted by Crippen LogP contribution is -2.53. The molecule has 2 aromatic rings. The van der Waals surface area contributed by atoms with Crippen LogP contribution in [0.5, 0.6) is 0 Å². The topological polar surface area (TPSA) is 86.8 Å². The Morgan fingerprint density at radius 2 is 1.60 bits per heavy atom. The summed E-state index contributed by atoms with van der Waals surface area (Å²) in [5.41, 5.74) is 3.28. The fourth-order valence-corrected chi connectivity index (χ4v) is 4.78. The van der Waals surface area contributed by atoms with E-state index in [1.54, 1.807) is 12.1 Å². The first kappa shape index (κ1) is 28.4. The maximum Gasteiger partial charge on any atom is 0.244 e. The van der Waals surface area contributed by atoms with Gasteiger partial charge < -0.3 is 10.2 Å². The fourth-order valence-electron chi connectivity index (χ4n) is 3.90. The first-order valence-electron chi connectivity index (χ1n) is 12.2. The highest BCUT2D eigenvalue weighted by atomic mass is 32.2. The summed E-state index contributed by atoms with van der Waals surface area (Å²) >= 11 is 0. The summed E-state index contributed by atoms with van der Waals surface area (Å²) in [6, 6.07) is 14.2. The molecule has 1 N–H and O–H groups in total. The first-order valence-corrected chi connectivity index (χ1v) is 14.1. The molecule has 2 atom stereocenters. The normalized spacial score (nSPS) is 13.1. The van der Waals surface area contributed by atoms with E-state index in [1.165, 1.54) is 4.90 Å². The van der Waals surface area contributed by atoms with Crippen molar-refractivity contribution < 1.29 is 18.0 Å². The van der Waals surface area contributed by atoms with Crippen LogP contribution in [-0.2, 0) is 32.6 Å². The molecule has 0 saturated heterocycles. The molecule has 8 heteroatoms. The van der Waals surface area contributed by atoms with Crippen LogP contribution < -0.4 is 9.62 Å². The summed E-state index contributed by atoms with van der Waals surface area (Å²) in [7, 11) is -3.75. The lowest BCUT2D eigenvalue weighted by molar-refractivity contribution is -0.140. The minimum Gasteiger partial charge on any atom is -0.352 e. The average Bonchev–Trinajstić information content (AvgIpc) is 2.82. The lowest BCUT2D eigenvalue weighted by Gasteiger charge is -2.33. The van der Waals surface area contributed by atoms with Gasteiger partial charge in [0, 0.05) is 12.6 Å². The molecule has 0 aromatic heterocycles. The summed E-state index contributed by atoms with van der Waals surface area (Å²) in [5, 5.41) is 2.98. The Labute approximate surface area is 210 Å². The van der Waals surface area contributed by atoms with Crippen molar-refractivity contribution in [2.45, 2.75) is 72.5 Å². The van der Waals surface area contributed by atoms with Gasteiger partial charge in [-0.15, -0.1) is 0 Å². The number of benzene rings is 2. The van der Waals surface area contributed by atoms with Crippen molar-refractivity contribution in [1.29, 1.82) is 0 Å². The third-order valence-corrected chi connectivity index (χ3v) is 7.31. The highest BCUT2D eigenvalue weighted by Gasteiger charge is 2.32. The summed E-state index contributed by atoms with van der Waals surface area (Å²) in [4.78, 5) is 28.4. The number of nitrogens with one attached hydrogen (secondary N) is 1. The van der Waals surface area contributed by atoms with Gasteiger partial charge in [-0.25, -0.2) is 8.42 Å². The Kier molecular flexibility index (Phi) is 10.3. The van der Waals surface area contributed by atoms with E-state index in [0.29, 0.717) is 18.5 Å². The second-order valence-electron chi connectivity index (χ2n) is 9.00. The van der Waals surface area contributed by atoms with Crippen LogP contribution in [0.15, 0.2) is 48.5 Å². The molecule has 2 rings (SSSR count). The standard InChI is InChI=1S/C27H39N3O4S/c1-7-21(5)28-27(32)24(9-3)29(18-22-16-14-20(4)15-17-22)26(31)19-30(35(6,33)34)25-13-11-10-12-23(25)8-2/h10-17,21,24H,7-9,18-19H2,1-6H3,(H,28,32)/t21-,24-/m1/s1. The van der Waals surface area contributed by atoms with E-state index >= 15 is 0 Å². The molecule has 0 fully saturated rings. The largest absolute Gasteiger partial charge is 0.352 e. The van der Waals surface area contributed by atoms with E-state index in [1.807, 2.05) is 71.0 Å². The minimum atomic E-state index is -3.75. The summed E-state index contributed by atoms with van der Waals surface area (Å²) < 4.78 is 26.7. The maximum atomic E-state index is 13.7. The molecule has 35 heavy (non-hydrogen) atoms. The third-order valence-electron chi connectivity index (χ3n) is 6.18.